The van der Waals surface area contributed by atoms with Gasteiger partial charge in [0.05, 0.1) is 0 Å². The van der Waals surface area contributed by atoms with Crippen molar-refractivity contribution in [1.82, 2.24) is 0 Å². The summed E-state index contributed by atoms with van der Waals surface area (Å²) < 4.78 is 0. The number of Topliss-reactive ketones (excluding diaryl/α,β-unsaturated/α-hetero) is 1. The Hall–Kier alpha value is -1.11. The minimum atomic E-state index is 0.238. The van der Waals surface area contributed by atoms with Gasteiger partial charge in [0, 0.05) is 6.42 Å². The Bertz CT molecular complexity index is 175. The first-order valence-electron chi connectivity index (χ1n) is 3.71. The van der Waals surface area contributed by atoms with Crippen LogP contribution in [0.5, 0.6) is 0 Å². The number of rotatable bonds is 5. The highest BCUT2D eigenvalue weighted by atomic mass is 16.1. The van der Waals surface area contributed by atoms with Crippen LogP contribution in [0.15, 0.2) is 37.0 Å². The molecule has 0 spiro atoms. The molecule has 0 aliphatic carbocycles. The van der Waals surface area contributed by atoms with Gasteiger partial charge in [0.1, 0.15) is 5.78 Å². The Labute approximate surface area is 68.1 Å². The molecule has 0 aromatic heterocycles. The Kier molecular flexibility index (Phi) is 6.30. The second-order valence-corrected chi connectivity index (χ2v) is 2.29. The van der Waals surface area contributed by atoms with Crippen molar-refractivity contribution in [1.29, 1.82) is 0 Å². The van der Waals surface area contributed by atoms with E-state index < -0.39 is 0 Å². The van der Waals surface area contributed by atoms with E-state index in [1.807, 2.05) is 24.3 Å². The molecule has 1 nitrogen and oxygen atoms in total. The summed E-state index contributed by atoms with van der Waals surface area (Å²) in [6.45, 7) is 5.14. The summed E-state index contributed by atoms with van der Waals surface area (Å²) in [5, 5.41) is 0. The van der Waals surface area contributed by atoms with E-state index in [-0.39, 0.29) is 5.78 Å². The van der Waals surface area contributed by atoms with Crippen LogP contribution in [0.4, 0.5) is 0 Å². The standard InChI is InChI=1S/C10H14O/c1-3-4-5-6-7-8-9-10(2)11/h3-7H,1,8-9H2,2H3/b5-4+,7-6+. The van der Waals surface area contributed by atoms with Crippen molar-refractivity contribution in [2.75, 3.05) is 0 Å². The molecule has 60 valence electrons. The first-order chi connectivity index (χ1) is 5.27. The number of hydrogen-bond acceptors (Lipinski definition) is 1. The molecule has 0 fully saturated rings. The molecule has 0 aromatic rings. The number of hydrogen-bond donors (Lipinski definition) is 0. The third kappa shape index (κ3) is 8.89. The van der Waals surface area contributed by atoms with Crippen LogP contribution in [-0.4, -0.2) is 5.78 Å². The van der Waals surface area contributed by atoms with Gasteiger partial charge in [-0.15, -0.1) is 0 Å². The second-order valence-electron chi connectivity index (χ2n) is 2.29. The van der Waals surface area contributed by atoms with E-state index in [4.69, 9.17) is 0 Å². The average Bonchev–Trinajstić information content (AvgIpc) is 1.96. The minimum absolute atomic E-state index is 0.238. The van der Waals surface area contributed by atoms with Gasteiger partial charge in [-0.3, -0.25) is 0 Å². The normalized spacial score (nSPS) is 11.0. The van der Waals surface area contributed by atoms with Gasteiger partial charge in [0.2, 0.25) is 0 Å². The summed E-state index contributed by atoms with van der Waals surface area (Å²) in [4.78, 5) is 10.5. The van der Waals surface area contributed by atoms with E-state index in [2.05, 4.69) is 6.58 Å². The van der Waals surface area contributed by atoms with E-state index in [9.17, 15) is 4.79 Å². The molecule has 0 bridgehead atoms. The smallest absolute Gasteiger partial charge is 0.130 e. The van der Waals surface area contributed by atoms with Crippen LogP contribution in [0, 0.1) is 0 Å². The fourth-order valence-corrected chi connectivity index (χ4v) is 0.604. The molecule has 0 N–H and O–H groups in total. The zero-order valence-electron chi connectivity index (χ0n) is 6.92. The number of allylic oxidation sites excluding steroid dienone is 5. The lowest BCUT2D eigenvalue weighted by atomic mass is 10.2. The molecule has 0 aliphatic rings. The van der Waals surface area contributed by atoms with E-state index in [0.29, 0.717) is 6.42 Å². The maximum Gasteiger partial charge on any atom is 0.130 e. The van der Waals surface area contributed by atoms with Crippen molar-refractivity contribution in [2.24, 2.45) is 0 Å². The third-order valence-electron chi connectivity index (χ3n) is 1.16. The minimum Gasteiger partial charge on any atom is -0.300 e. The summed E-state index contributed by atoms with van der Waals surface area (Å²) >= 11 is 0. The third-order valence-corrected chi connectivity index (χ3v) is 1.16. The molecular formula is C10H14O. The molecule has 0 amide bonds. The molecule has 0 aromatic carbocycles. The highest BCUT2D eigenvalue weighted by molar-refractivity contribution is 5.75. The number of carbonyl (C=O) groups excluding carboxylic acids is 1. The predicted molar refractivity (Wildman–Crippen MR) is 48.4 cm³/mol. The first-order valence-corrected chi connectivity index (χ1v) is 3.71. The molecule has 0 saturated heterocycles. The molecule has 0 unspecified atom stereocenters. The van der Waals surface area contributed by atoms with Crippen LogP contribution in [0.1, 0.15) is 19.8 Å². The highest BCUT2D eigenvalue weighted by Crippen LogP contribution is 1.91. The first kappa shape index (κ1) is 9.89. The summed E-state index contributed by atoms with van der Waals surface area (Å²) in [5.74, 6) is 0.238. The molecule has 1 heteroatoms. The molecule has 0 saturated carbocycles. The molecule has 0 atom stereocenters. The van der Waals surface area contributed by atoms with Gasteiger partial charge in [-0.05, 0) is 13.3 Å². The van der Waals surface area contributed by atoms with Crippen LogP contribution in [0.3, 0.4) is 0 Å². The van der Waals surface area contributed by atoms with E-state index >= 15 is 0 Å². The lowest BCUT2D eigenvalue weighted by Gasteiger charge is -1.85. The fourth-order valence-electron chi connectivity index (χ4n) is 0.604. The average molecular weight is 150 g/mol. The maximum absolute atomic E-state index is 10.5. The molecular weight excluding hydrogens is 136 g/mol. The van der Waals surface area contributed by atoms with Gasteiger partial charge in [0.15, 0.2) is 0 Å². The zero-order valence-corrected chi connectivity index (χ0v) is 6.92. The Morgan fingerprint density at radius 1 is 1.36 bits per heavy atom. The largest absolute Gasteiger partial charge is 0.300 e. The second kappa shape index (κ2) is 7.00. The highest BCUT2D eigenvalue weighted by Gasteiger charge is 1.86. The molecule has 0 radical (unpaired) electrons. The van der Waals surface area contributed by atoms with Gasteiger partial charge < -0.3 is 4.79 Å². The Morgan fingerprint density at radius 3 is 2.64 bits per heavy atom. The quantitative estimate of drug-likeness (QED) is 0.551. The van der Waals surface area contributed by atoms with Crippen molar-refractivity contribution in [3.8, 4) is 0 Å². The van der Waals surface area contributed by atoms with Gasteiger partial charge in [-0.2, -0.15) is 0 Å². The van der Waals surface area contributed by atoms with E-state index in [1.54, 1.807) is 13.0 Å². The SMILES string of the molecule is C=C/C=C/C=C/CCC(C)=O. The topological polar surface area (TPSA) is 17.1 Å². The van der Waals surface area contributed by atoms with Gasteiger partial charge in [0.25, 0.3) is 0 Å². The lowest BCUT2D eigenvalue weighted by Crippen LogP contribution is -1.85. The molecule has 0 heterocycles. The van der Waals surface area contributed by atoms with Gasteiger partial charge in [-0.25, -0.2) is 0 Å². The summed E-state index contributed by atoms with van der Waals surface area (Å²) in [7, 11) is 0. The number of ketones is 1. The number of carbonyl (C=O) groups is 1. The van der Waals surface area contributed by atoms with Crippen LogP contribution in [0.2, 0.25) is 0 Å². The van der Waals surface area contributed by atoms with Crippen LogP contribution in [-0.2, 0) is 4.79 Å². The van der Waals surface area contributed by atoms with Crippen molar-refractivity contribution in [2.45, 2.75) is 19.8 Å². The van der Waals surface area contributed by atoms with Crippen LogP contribution >= 0.6 is 0 Å². The Morgan fingerprint density at radius 2 is 2.09 bits per heavy atom. The van der Waals surface area contributed by atoms with Crippen molar-refractivity contribution < 1.29 is 4.79 Å². The van der Waals surface area contributed by atoms with Crippen molar-refractivity contribution >= 4 is 5.78 Å². The van der Waals surface area contributed by atoms with Gasteiger partial charge >= 0.3 is 0 Å². The lowest BCUT2D eigenvalue weighted by molar-refractivity contribution is -0.116. The van der Waals surface area contributed by atoms with E-state index in [0.717, 1.165) is 6.42 Å². The zero-order chi connectivity index (χ0) is 8.53. The van der Waals surface area contributed by atoms with Crippen LogP contribution in [0.25, 0.3) is 0 Å². The molecule has 0 aliphatic heterocycles. The predicted octanol–water partition coefficient (Wildman–Crippen LogP) is 2.65. The van der Waals surface area contributed by atoms with Crippen molar-refractivity contribution in [3.63, 3.8) is 0 Å². The Balaban J connectivity index is 3.37. The molecule has 0 rings (SSSR count). The summed E-state index contributed by atoms with van der Waals surface area (Å²) in [6, 6.07) is 0. The summed E-state index contributed by atoms with van der Waals surface area (Å²) in [6.07, 6.45) is 10.8. The summed E-state index contributed by atoms with van der Waals surface area (Å²) in [5.41, 5.74) is 0. The van der Waals surface area contributed by atoms with E-state index in [1.165, 1.54) is 0 Å². The van der Waals surface area contributed by atoms with Crippen LogP contribution < -0.4 is 0 Å². The fraction of sp³-hybridized carbons (Fsp3) is 0.300. The monoisotopic (exact) mass is 150 g/mol. The van der Waals surface area contributed by atoms with Crippen molar-refractivity contribution in [3.05, 3.63) is 37.0 Å². The molecule has 11 heavy (non-hydrogen) atoms. The van der Waals surface area contributed by atoms with Gasteiger partial charge in [-0.1, -0.05) is 37.0 Å². The maximum atomic E-state index is 10.5.